The van der Waals surface area contributed by atoms with Crippen molar-refractivity contribution < 1.29 is 4.74 Å². The SMILES string of the molecule is c1csc(COC[C@@H]2CCCNC2)n1. The van der Waals surface area contributed by atoms with Gasteiger partial charge in [-0.15, -0.1) is 11.3 Å². The second kappa shape index (κ2) is 5.44. The summed E-state index contributed by atoms with van der Waals surface area (Å²) in [5.74, 6) is 0.698. The van der Waals surface area contributed by atoms with Crippen LogP contribution in [0.3, 0.4) is 0 Å². The van der Waals surface area contributed by atoms with Crippen molar-refractivity contribution in [2.75, 3.05) is 19.7 Å². The van der Waals surface area contributed by atoms with Crippen LogP contribution in [-0.2, 0) is 11.3 Å². The normalized spacial score (nSPS) is 22.4. The van der Waals surface area contributed by atoms with E-state index in [1.165, 1.54) is 19.4 Å². The van der Waals surface area contributed by atoms with Gasteiger partial charge in [0.05, 0.1) is 13.2 Å². The van der Waals surface area contributed by atoms with E-state index in [0.29, 0.717) is 12.5 Å². The molecule has 14 heavy (non-hydrogen) atoms. The monoisotopic (exact) mass is 212 g/mol. The molecule has 1 saturated heterocycles. The maximum absolute atomic E-state index is 5.63. The predicted molar refractivity (Wildman–Crippen MR) is 57.4 cm³/mol. The molecule has 0 bridgehead atoms. The van der Waals surface area contributed by atoms with Crippen molar-refractivity contribution in [3.8, 4) is 0 Å². The molecule has 0 unspecified atom stereocenters. The Labute approximate surface area is 88.5 Å². The standard InChI is InChI=1S/C10H16N2OS/c1-2-9(6-11-3-1)7-13-8-10-12-4-5-14-10/h4-5,9,11H,1-3,6-8H2/t9-/m1/s1. The quantitative estimate of drug-likeness (QED) is 0.824. The summed E-state index contributed by atoms with van der Waals surface area (Å²) in [6.07, 6.45) is 4.40. The Bertz CT molecular complexity index is 245. The lowest BCUT2D eigenvalue weighted by Gasteiger charge is -2.22. The average molecular weight is 212 g/mol. The van der Waals surface area contributed by atoms with Crippen LogP contribution in [0.1, 0.15) is 17.8 Å². The zero-order valence-electron chi connectivity index (χ0n) is 8.24. The van der Waals surface area contributed by atoms with Crippen molar-refractivity contribution in [1.82, 2.24) is 10.3 Å². The summed E-state index contributed by atoms with van der Waals surface area (Å²) < 4.78 is 5.63. The fraction of sp³-hybridized carbons (Fsp3) is 0.700. The van der Waals surface area contributed by atoms with Crippen LogP contribution in [0.4, 0.5) is 0 Å². The van der Waals surface area contributed by atoms with Gasteiger partial charge in [0.2, 0.25) is 0 Å². The van der Waals surface area contributed by atoms with E-state index in [1.807, 2.05) is 11.6 Å². The van der Waals surface area contributed by atoms with Gasteiger partial charge in [-0.1, -0.05) is 0 Å². The molecule has 0 spiro atoms. The maximum atomic E-state index is 5.63. The molecule has 3 nitrogen and oxygen atoms in total. The molecule has 1 aliphatic heterocycles. The van der Waals surface area contributed by atoms with Gasteiger partial charge >= 0.3 is 0 Å². The van der Waals surface area contributed by atoms with Gasteiger partial charge in [-0.25, -0.2) is 4.98 Å². The summed E-state index contributed by atoms with van der Waals surface area (Å²) in [6, 6.07) is 0. The van der Waals surface area contributed by atoms with Gasteiger partial charge in [-0.2, -0.15) is 0 Å². The first-order chi connectivity index (χ1) is 6.95. The second-order valence-electron chi connectivity index (χ2n) is 3.65. The lowest BCUT2D eigenvalue weighted by atomic mass is 10.0. The average Bonchev–Trinajstić information content (AvgIpc) is 2.72. The molecule has 1 fully saturated rings. The number of aromatic nitrogens is 1. The van der Waals surface area contributed by atoms with E-state index in [2.05, 4.69) is 10.3 Å². The molecule has 0 aliphatic carbocycles. The first-order valence-corrected chi connectivity index (χ1v) is 6.00. The van der Waals surface area contributed by atoms with E-state index in [4.69, 9.17) is 4.74 Å². The highest BCUT2D eigenvalue weighted by Gasteiger charge is 2.12. The largest absolute Gasteiger partial charge is 0.374 e. The zero-order valence-corrected chi connectivity index (χ0v) is 9.05. The molecule has 0 radical (unpaired) electrons. The smallest absolute Gasteiger partial charge is 0.118 e. The lowest BCUT2D eigenvalue weighted by molar-refractivity contribution is 0.0781. The molecule has 1 atom stereocenters. The molecule has 0 amide bonds. The van der Waals surface area contributed by atoms with Crippen LogP contribution in [0, 0.1) is 5.92 Å². The van der Waals surface area contributed by atoms with Crippen LogP contribution in [0.5, 0.6) is 0 Å². The van der Waals surface area contributed by atoms with E-state index >= 15 is 0 Å². The van der Waals surface area contributed by atoms with E-state index < -0.39 is 0 Å². The van der Waals surface area contributed by atoms with Crippen LogP contribution in [0.15, 0.2) is 11.6 Å². The minimum absolute atomic E-state index is 0.675. The van der Waals surface area contributed by atoms with Gasteiger partial charge in [0.25, 0.3) is 0 Å². The number of ether oxygens (including phenoxy) is 1. The van der Waals surface area contributed by atoms with Crippen LogP contribution in [-0.4, -0.2) is 24.7 Å². The minimum Gasteiger partial charge on any atom is -0.374 e. The van der Waals surface area contributed by atoms with E-state index in [0.717, 1.165) is 18.2 Å². The summed E-state index contributed by atoms with van der Waals surface area (Å²) in [6.45, 7) is 3.82. The Balaban J connectivity index is 1.62. The molecule has 0 aromatic carbocycles. The summed E-state index contributed by atoms with van der Waals surface area (Å²) in [5.41, 5.74) is 0. The Kier molecular flexibility index (Phi) is 3.91. The number of nitrogens with one attached hydrogen (secondary N) is 1. The van der Waals surface area contributed by atoms with Gasteiger partial charge in [0.15, 0.2) is 0 Å². The van der Waals surface area contributed by atoms with Gasteiger partial charge in [0.1, 0.15) is 5.01 Å². The first-order valence-electron chi connectivity index (χ1n) is 5.12. The Morgan fingerprint density at radius 1 is 1.64 bits per heavy atom. The highest BCUT2D eigenvalue weighted by Crippen LogP contribution is 2.12. The molecular weight excluding hydrogens is 196 g/mol. The van der Waals surface area contributed by atoms with Gasteiger partial charge < -0.3 is 10.1 Å². The second-order valence-corrected chi connectivity index (χ2v) is 4.63. The molecule has 2 rings (SSSR count). The van der Waals surface area contributed by atoms with Crippen molar-refractivity contribution in [2.24, 2.45) is 5.92 Å². The molecule has 1 aromatic heterocycles. The highest BCUT2D eigenvalue weighted by molar-refractivity contribution is 7.09. The van der Waals surface area contributed by atoms with Crippen LogP contribution >= 0.6 is 11.3 Å². The molecule has 4 heteroatoms. The Morgan fingerprint density at radius 2 is 2.64 bits per heavy atom. The van der Waals surface area contributed by atoms with Crippen molar-refractivity contribution in [3.63, 3.8) is 0 Å². The number of piperidine rings is 1. The molecule has 1 aromatic rings. The summed E-state index contributed by atoms with van der Waals surface area (Å²) in [5, 5.41) is 6.45. The van der Waals surface area contributed by atoms with Gasteiger partial charge in [0, 0.05) is 18.1 Å². The van der Waals surface area contributed by atoms with Crippen LogP contribution in [0.25, 0.3) is 0 Å². The van der Waals surface area contributed by atoms with Crippen molar-refractivity contribution >= 4 is 11.3 Å². The fourth-order valence-corrected chi connectivity index (χ4v) is 2.26. The molecule has 0 saturated carbocycles. The maximum Gasteiger partial charge on any atom is 0.118 e. The van der Waals surface area contributed by atoms with Crippen LogP contribution in [0.2, 0.25) is 0 Å². The van der Waals surface area contributed by atoms with Gasteiger partial charge in [-0.3, -0.25) is 0 Å². The number of thiazole rings is 1. The number of hydrogen-bond donors (Lipinski definition) is 1. The Hall–Kier alpha value is -0.450. The Morgan fingerprint density at radius 3 is 3.36 bits per heavy atom. The third-order valence-electron chi connectivity index (χ3n) is 2.46. The lowest BCUT2D eigenvalue weighted by Crippen LogP contribution is -2.32. The van der Waals surface area contributed by atoms with Gasteiger partial charge in [-0.05, 0) is 25.3 Å². The molecular formula is C10H16N2OS. The molecule has 1 aliphatic rings. The minimum atomic E-state index is 0.675. The topological polar surface area (TPSA) is 34.1 Å². The van der Waals surface area contributed by atoms with Crippen molar-refractivity contribution in [2.45, 2.75) is 19.4 Å². The third-order valence-corrected chi connectivity index (χ3v) is 3.21. The summed E-state index contributed by atoms with van der Waals surface area (Å²) in [4.78, 5) is 4.18. The predicted octanol–water partition coefficient (Wildman–Crippen LogP) is 1.66. The summed E-state index contributed by atoms with van der Waals surface area (Å²) in [7, 11) is 0. The highest BCUT2D eigenvalue weighted by atomic mass is 32.1. The number of nitrogens with zero attached hydrogens (tertiary/aromatic N) is 1. The summed E-state index contributed by atoms with van der Waals surface area (Å²) >= 11 is 1.66. The van der Waals surface area contributed by atoms with E-state index in [-0.39, 0.29) is 0 Å². The van der Waals surface area contributed by atoms with Crippen LogP contribution < -0.4 is 5.32 Å². The molecule has 78 valence electrons. The fourth-order valence-electron chi connectivity index (χ4n) is 1.70. The number of rotatable bonds is 4. The number of hydrogen-bond acceptors (Lipinski definition) is 4. The zero-order chi connectivity index (χ0) is 9.64. The molecule has 2 heterocycles. The first kappa shape index (κ1) is 10.1. The van der Waals surface area contributed by atoms with E-state index in [9.17, 15) is 0 Å². The molecule has 1 N–H and O–H groups in total. The van der Waals surface area contributed by atoms with Crippen molar-refractivity contribution in [1.29, 1.82) is 0 Å². The van der Waals surface area contributed by atoms with E-state index in [1.54, 1.807) is 11.3 Å². The van der Waals surface area contributed by atoms with Crippen molar-refractivity contribution in [3.05, 3.63) is 16.6 Å². The third kappa shape index (κ3) is 3.04.